The van der Waals surface area contributed by atoms with E-state index in [1.165, 1.54) is 353 Å². The van der Waals surface area contributed by atoms with Gasteiger partial charge in [-0.2, -0.15) is 0 Å². The Hall–Kier alpha value is -1.40. The fourth-order valence-electron chi connectivity index (χ4n) is 12.1. The fourth-order valence-corrected chi connectivity index (χ4v) is 12.1. The second kappa shape index (κ2) is 71.1. The van der Waals surface area contributed by atoms with Crippen LogP contribution in [0.15, 0.2) is 12.2 Å². The molecule has 0 saturated heterocycles. The predicted molar refractivity (Wildman–Crippen MR) is 357 cm³/mol. The van der Waals surface area contributed by atoms with Crippen molar-refractivity contribution in [3.05, 3.63) is 12.2 Å². The zero-order valence-electron chi connectivity index (χ0n) is 55.3. The van der Waals surface area contributed by atoms with E-state index in [4.69, 9.17) is 4.74 Å². The molecule has 1 amide bonds. The van der Waals surface area contributed by atoms with Gasteiger partial charge in [0.2, 0.25) is 5.91 Å². The molecule has 0 radical (unpaired) electrons. The Bertz CT molecular complexity index is 1220. The first kappa shape index (κ1) is 79.6. The highest BCUT2D eigenvalue weighted by Gasteiger charge is 2.20. The molecular weight excluding hydrogens is 995 g/mol. The Morgan fingerprint density at radius 2 is 0.593 bits per heavy atom. The summed E-state index contributed by atoms with van der Waals surface area (Å²) in [7, 11) is 0. The van der Waals surface area contributed by atoms with Gasteiger partial charge in [-0.1, -0.05) is 386 Å². The zero-order chi connectivity index (χ0) is 58.5. The van der Waals surface area contributed by atoms with E-state index in [1.807, 2.05) is 0 Å². The first-order valence-corrected chi connectivity index (χ1v) is 37.4. The number of allylic oxidation sites excluding steroid dienone is 2. The lowest BCUT2D eigenvalue weighted by Crippen LogP contribution is -2.45. The number of aliphatic hydroxyl groups excluding tert-OH is 2. The molecule has 482 valence electrons. The number of amides is 1. The van der Waals surface area contributed by atoms with Crippen molar-refractivity contribution < 1.29 is 24.5 Å². The van der Waals surface area contributed by atoms with Crippen molar-refractivity contribution in [1.29, 1.82) is 0 Å². The minimum atomic E-state index is -0.659. The highest BCUT2D eigenvalue weighted by atomic mass is 16.5. The van der Waals surface area contributed by atoms with Crippen molar-refractivity contribution >= 4 is 11.9 Å². The van der Waals surface area contributed by atoms with Crippen LogP contribution in [0.5, 0.6) is 0 Å². The summed E-state index contributed by atoms with van der Waals surface area (Å²) < 4.78 is 5.47. The van der Waals surface area contributed by atoms with E-state index in [9.17, 15) is 19.8 Å². The maximum Gasteiger partial charge on any atom is 0.305 e. The molecule has 0 aromatic rings. The van der Waals surface area contributed by atoms with Crippen molar-refractivity contribution in [3.63, 3.8) is 0 Å². The molecule has 0 aliphatic rings. The Balaban J connectivity index is 3.29. The number of hydrogen-bond acceptors (Lipinski definition) is 5. The number of carbonyl (C=O) groups is 2. The van der Waals surface area contributed by atoms with Gasteiger partial charge in [-0.3, -0.25) is 9.59 Å². The second-order valence-corrected chi connectivity index (χ2v) is 26.0. The van der Waals surface area contributed by atoms with Crippen LogP contribution in [-0.4, -0.2) is 47.4 Å². The molecule has 0 aliphatic heterocycles. The van der Waals surface area contributed by atoms with Gasteiger partial charge in [-0.25, -0.2) is 0 Å². The summed E-state index contributed by atoms with van der Waals surface area (Å²) >= 11 is 0. The monoisotopic (exact) mass is 1140 g/mol. The second-order valence-electron chi connectivity index (χ2n) is 26.0. The average Bonchev–Trinajstić information content (AvgIpc) is 3.47. The van der Waals surface area contributed by atoms with Crippen molar-refractivity contribution in [3.8, 4) is 0 Å². The smallest absolute Gasteiger partial charge is 0.305 e. The third-order valence-electron chi connectivity index (χ3n) is 17.8. The van der Waals surface area contributed by atoms with Crippen LogP contribution in [0.3, 0.4) is 0 Å². The molecule has 0 rings (SSSR count). The molecular formula is C75H147NO5. The first-order valence-electron chi connectivity index (χ1n) is 37.4. The van der Waals surface area contributed by atoms with Crippen LogP contribution in [0.1, 0.15) is 431 Å². The van der Waals surface area contributed by atoms with Gasteiger partial charge in [-0.15, -0.1) is 0 Å². The van der Waals surface area contributed by atoms with Gasteiger partial charge in [0.05, 0.1) is 25.4 Å². The summed E-state index contributed by atoms with van der Waals surface area (Å²) in [5.74, 6) is -0.0122. The van der Waals surface area contributed by atoms with E-state index in [0.29, 0.717) is 25.9 Å². The molecule has 6 nitrogen and oxygen atoms in total. The van der Waals surface area contributed by atoms with Gasteiger partial charge in [0.25, 0.3) is 0 Å². The van der Waals surface area contributed by atoms with Crippen LogP contribution in [0, 0.1) is 0 Å². The maximum absolute atomic E-state index is 12.5. The number of hydrogen-bond donors (Lipinski definition) is 3. The largest absolute Gasteiger partial charge is 0.466 e. The number of ether oxygens (including phenoxy) is 1. The van der Waals surface area contributed by atoms with Crippen LogP contribution in [0.2, 0.25) is 0 Å². The van der Waals surface area contributed by atoms with Crippen LogP contribution in [-0.2, 0) is 14.3 Å². The lowest BCUT2D eigenvalue weighted by molar-refractivity contribution is -0.143. The van der Waals surface area contributed by atoms with Gasteiger partial charge in [0.15, 0.2) is 0 Å². The Labute approximate surface area is 508 Å². The third-order valence-corrected chi connectivity index (χ3v) is 17.8. The highest BCUT2D eigenvalue weighted by Crippen LogP contribution is 2.20. The van der Waals surface area contributed by atoms with Gasteiger partial charge in [0, 0.05) is 12.8 Å². The van der Waals surface area contributed by atoms with Crippen LogP contribution in [0.25, 0.3) is 0 Å². The lowest BCUT2D eigenvalue weighted by Gasteiger charge is -2.22. The molecule has 0 aromatic carbocycles. The summed E-state index contributed by atoms with van der Waals surface area (Å²) in [4.78, 5) is 24.5. The molecule has 0 spiro atoms. The molecule has 0 fully saturated rings. The minimum absolute atomic E-state index is 0.0130. The van der Waals surface area contributed by atoms with E-state index >= 15 is 0 Å². The number of nitrogens with one attached hydrogen (secondary N) is 1. The highest BCUT2D eigenvalue weighted by molar-refractivity contribution is 5.76. The van der Waals surface area contributed by atoms with E-state index in [2.05, 4.69) is 31.3 Å². The molecule has 2 unspecified atom stereocenters. The quantitative estimate of drug-likeness (QED) is 0.0320. The standard InChI is InChI=1S/C75H147NO5/c1-3-5-7-9-11-13-15-16-17-41-44-48-51-55-59-63-67-73(78)72(71-77)76-74(79)68-64-60-56-52-49-45-42-39-37-35-33-31-29-27-25-23-21-19-18-20-22-24-26-28-30-32-34-36-38-40-43-46-50-54-58-62-66-70-81-75(80)69-65-61-57-53-47-14-12-10-8-6-4-2/h10,12,72-73,77-78H,3-9,11,13-71H2,1-2H3,(H,76,79)/b12-10-. The van der Waals surface area contributed by atoms with Crippen molar-refractivity contribution in [2.75, 3.05) is 13.2 Å². The normalized spacial score (nSPS) is 12.5. The molecule has 3 N–H and O–H groups in total. The van der Waals surface area contributed by atoms with Crippen molar-refractivity contribution in [2.45, 2.75) is 443 Å². The topological polar surface area (TPSA) is 95.9 Å². The third kappa shape index (κ3) is 67.6. The zero-order valence-corrected chi connectivity index (χ0v) is 55.3. The minimum Gasteiger partial charge on any atom is -0.466 e. The first-order chi connectivity index (χ1) is 40.0. The molecule has 81 heavy (non-hydrogen) atoms. The molecule has 2 atom stereocenters. The summed E-state index contributed by atoms with van der Waals surface area (Å²) in [5.41, 5.74) is 0. The van der Waals surface area contributed by atoms with Crippen LogP contribution >= 0.6 is 0 Å². The Kier molecular flexibility index (Phi) is 69.9. The summed E-state index contributed by atoms with van der Waals surface area (Å²) in [5, 5.41) is 23.4. The van der Waals surface area contributed by atoms with Crippen molar-refractivity contribution in [1.82, 2.24) is 5.32 Å². The van der Waals surface area contributed by atoms with Gasteiger partial charge in [0.1, 0.15) is 0 Å². The lowest BCUT2D eigenvalue weighted by atomic mass is 10.0. The molecule has 0 aromatic heterocycles. The molecule has 6 heteroatoms. The summed E-state index contributed by atoms with van der Waals surface area (Å²) in [6.07, 6.45) is 88.7. The van der Waals surface area contributed by atoms with Crippen LogP contribution in [0.4, 0.5) is 0 Å². The maximum atomic E-state index is 12.5. The van der Waals surface area contributed by atoms with E-state index in [-0.39, 0.29) is 18.5 Å². The molecule has 0 aliphatic carbocycles. The predicted octanol–water partition coefficient (Wildman–Crippen LogP) is 24.3. The molecule has 0 bridgehead atoms. The van der Waals surface area contributed by atoms with Gasteiger partial charge in [-0.05, 0) is 44.9 Å². The number of carbonyl (C=O) groups excluding carboxylic acids is 2. The van der Waals surface area contributed by atoms with Gasteiger partial charge < -0.3 is 20.3 Å². The van der Waals surface area contributed by atoms with E-state index in [0.717, 1.165) is 44.9 Å². The Morgan fingerprint density at radius 1 is 0.333 bits per heavy atom. The number of unbranched alkanes of at least 4 members (excludes halogenated alkanes) is 58. The number of esters is 1. The summed E-state index contributed by atoms with van der Waals surface area (Å²) in [6.45, 7) is 4.96. The fraction of sp³-hybridized carbons (Fsp3) is 0.947. The summed E-state index contributed by atoms with van der Waals surface area (Å²) in [6, 6.07) is -0.536. The Morgan fingerprint density at radius 3 is 0.914 bits per heavy atom. The van der Waals surface area contributed by atoms with E-state index < -0.39 is 12.1 Å². The average molecular weight is 1140 g/mol. The van der Waals surface area contributed by atoms with Crippen molar-refractivity contribution in [2.24, 2.45) is 0 Å². The number of aliphatic hydroxyl groups is 2. The van der Waals surface area contributed by atoms with E-state index in [1.54, 1.807) is 0 Å². The SMILES string of the molecule is CCCC/C=C\CCCCCCCC(=O)OCCCCCCCCCCCCCCCCCCCCCCCCCCCCCCCCCCCCCCCC(=O)NC(CO)C(O)CCCCCCCCCCCCCCCCCC. The molecule has 0 heterocycles. The van der Waals surface area contributed by atoms with Gasteiger partial charge >= 0.3 is 5.97 Å². The number of rotatable bonds is 71. The molecule has 0 saturated carbocycles. The van der Waals surface area contributed by atoms with Crippen LogP contribution < -0.4 is 5.32 Å².